The van der Waals surface area contributed by atoms with Crippen LogP contribution in [-0.2, 0) is 10.0 Å². The number of nitrogens with one attached hydrogen (secondary N) is 1. The van der Waals surface area contributed by atoms with E-state index in [4.69, 9.17) is 10.8 Å². The standard InChI is InChI=1S/C13H12N2O5S/c14-8-1-4-10(5-2-8)21(19,20)15-9-3-6-11(13(17)18)12(16)7-9/h1-7,15-16H,14H2,(H,17,18). The number of carbonyl (C=O) groups is 1. The summed E-state index contributed by atoms with van der Waals surface area (Å²) in [4.78, 5) is 10.8. The number of hydrogen-bond donors (Lipinski definition) is 4. The van der Waals surface area contributed by atoms with E-state index in [0.29, 0.717) is 5.69 Å². The number of carboxylic acids is 1. The van der Waals surface area contributed by atoms with E-state index >= 15 is 0 Å². The summed E-state index contributed by atoms with van der Waals surface area (Å²) in [5.74, 6) is -1.83. The van der Waals surface area contributed by atoms with Gasteiger partial charge < -0.3 is 15.9 Å². The molecule has 0 radical (unpaired) electrons. The van der Waals surface area contributed by atoms with Crippen molar-refractivity contribution in [2.24, 2.45) is 0 Å². The van der Waals surface area contributed by atoms with Gasteiger partial charge in [-0.05, 0) is 36.4 Å². The van der Waals surface area contributed by atoms with E-state index in [1.807, 2.05) is 0 Å². The summed E-state index contributed by atoms with van der Waals surface area (Å²) in [6.45, 7) is 0. The van der Waals surface area contributed by atoms with Gasteiger partial charge in [-0.1, -0.05) is 0 Å². The van der Waals surface area contributed by atoms with Gasteiger partial charge in [-0.2, -0.15) is 0 Å². The smallest absolute Gasteiger partial charge is 0.339 e. The predicted octanol–water partition coefficient (Wildman–Crippen LogP) is 1.47. The molecule has 0 aromatic heterocycles. The van der Waals surface area contributed by atoms with E-state index in [1.165, 1.54) is 30.3 Å². The van der Waals surface area contributed by atoms with Crippen LogP contribution in [0.25, 0.3) is 0 Å². The van der Waals surface area contributed by atoms with Crippen LogP contribution in [0.1, 0.15) is 10.4 Å². The Bertz CT molecular complexity index is 785. The average molecular weight is 308 g/mol. The molecular weight excluding hydrogens is 296 g/mol. The van der Waals surface area contributed by atoms with Crippen LogP contribution in [0.4, 0.5) is 11.4 Å². The van der Waals surface area contributed by atoms with Crippen LogP contribution in [0.3, 0.4) is 0 Å². The van der Waals surface area contributed by atoms with Crippen LogP contribution >= 0.6 is 0 Å². The number of benzene rings is 2. The fourth-order valence-corrected chi connectivity index (χ4v) is 2.69. The molecule has 0 saturated heterocycles. The first kappa shape index (κ1) is 14.7. The van der Waals surface area contributed by atoms with E-state index in [2.05, 4.69) is 4.72 Å². The summed E-state index contributed by atoms with van der Waals surface area (Å²) in [5.41, 5.74) is 5.65. The number of hydrogen-bond acceptors (Lipinski definition) is 5. The van der Waals surface area contributed by atoms with E-state index < -0.39 is 21.7 Å². The third kappa shape index (κ3) is 3.23. The third-order valence-electron chi connectivity index (χ3n) is 2.67. The summed E-state index contributed by atoms with van der Waals surface area (Å²) >= 11 is 0. The van der Waals surface area contributed by atoms with Crippen molar-refractivity contribution in [1.29, 1.82) is 0 Å². The minimum absolute atomic E-state index is 0.00139. The zero-order chi connectivity index (χ0) is 15.6. The first-order valence-corrected chi connectivity index (χ1v) is 7.22. The molecule has 0 heterocycles. The van der Waals surface area contributed by atoms with Gasteiger partial charge in [-0.3, -0.25) is 4.72 Å². The molecule has 0 unspecified atom stereocenters. The maximum Gasteiger partial charge on any atom is 0.339 e. The maximum atomic E-state index is 12.1. The number of nitrogen functional groups attached to an aromatic ring is 1. The van der Waals surface area contributed by atoms with E-state index in [9.17, 15) is 18.3 Å². The number of aromatic carboxylic acids is 1. The van der Waals surface area contributed by atoms with E-state index in [1.54, 1.807) is 0 Å². The van der Waals surface area contributed by atoms with Crippen LogP contribution in [0.15, 0.2) is 47.4 Å². The molecule has 0 fully saturated rings. The van der Waals surface area contributed by atoms with Crippen molar-refractivity contribution in [2.45, 2.75) is 4.90 Å². The fourth-order valence-electron chi connectivity index (χ4n) is 1.64. The van der Waals surface area contributed by atoms with Gasteiger partial charge in [0.1, 0.15) is 11.3 Å². The Kier molecular flexibility index (Phi) is 3.72. The highest BCUT2D eigenvalue weighted by molar-refractivity contribution is 7.92. The Hall–Kier alpha value is -2.74. The topological polar surface area (TPSA) is 130 Å². The van der Waals surface area contributed by atoms with Crippen molar-refractivity contribution in [3.05, 3.63) is 48.0 Å². The second kappa shape index (κ2) is 5.33. The van der Waals surface area contributed by atoms with Crippen LogP contribution in [-0.4, -0.2) is 24.6 Å². The van der Waals surface area contributed by atoms with Crippen LogP contribution < -0.4 is 10.5 Å². The summed E-state index contributed by atoms with van der Waals surface area (Å²) in [6.07, 6.45) is 0. The minimum atomic E-state index is -3.84. The number of carboxylic acid groups (broad SMARTS) is 1. The van der Waals surface area contributed by atoms with Crippen molar-refractivity contribution in [2.75, 3.05) is 10.5 Å². The lowest BCUT2D eigenvalue weighted by Gasteiger charge is -2.09. The van der Waals surface area contributed by atoms with Gasteiger partial charge in [0.05, 0.1) is 10.6 Å². The number of aromatic hydroxyl groups is 1. The summed E-state index contributed by atoms with van der Waals surface area (Å²) in [7, 11) is -3.84. The zero-order valence-corrected chi connectivity index (χ0v) is 11.5. The fraction of sp³-hybridized carbons (Fsp3) is 0. The first-order valence-electron chi connectivity index (χ1n) is 5.74. The molecule has 7 nitrogen and oxygen atoms in total. The molecule has 2 rings (SSSR count). The Morgan fingerprint density at radius 2 is 1.71 bits per heavy atom. The molecule has 8 heteroatoms. The van der Waals surface area contributed by atoms with Crippen molar-refractivity contribution >= 4 is 27.4 Å². The molecule has 0 aliphatic rings. The molecule has 0 aliphatic carbocycles. The molecule has 2 aromatic rings. The third-order valence-corrected chi connectivity index (χ3v) is 4.07. The number of rotatable bonds is 4. The summed E-state index contributed by atoms with van der Waals surface area (Å²) in [5, 5.41) is 18.3. The highest BCUT2D eigenvalue weighted by atomic mass is 32.2. The number of phenols is 1. The normalized spacial score (nSPS) is 11.0. The van der Waals surface area contributed by atoms with Gasteiger partial charge >= 0.3 is 5.97 Å². The number of nitrogens with two attached hydrogens (primary N) is 1. The molecule has 0 spiro atoms. The van der Waals surface area contributed by atoms with Crippen molar-refractivity contribution in [3.63, 3.8) is 0 Å². The maximum absolute atomic E-state index is 12.1. The number of anilines is 2. The molecule has 2 aromatic carbocycles. The lowest BCUT2D eigenvalue weighted by atomic mass is 10.2. The Balaban J connectivity index is 2.31. The lowest BCUT2D eigenvalue weighted by molar-refractivity contribution is 0.0694. The van der Waals surface area contributed by atoms with Gasteiger partial charge in [0.25, 0.3) is 10.0 Å². The molecule has 0 amide bonds. The van der Waals surface area contributed by atoms with Gasteiger partial charge in [-0.15, -0.1) is 0 Å². The quantitative estimate of drug-likeness (QED) is 0.633. The Morgan fingerprint density at radius 1 is 1.10 bits per heavy atom. The van der Waals surface area contributed by atoms with E-state index in [0.717, 1.165) is 12.1 Å². The molecule has 0 atom stereocenters. The van der Waals surface area contributed by atoms with Gasteiger partial charge in [-0.25, -0.2) is 13.2 Å². The Morgan fingerprint density at radius 3 is 2.24 bits per heavy atom. The second-order valence-electron chi connectivity index (χ2n) is 4.21. The highest BCUT2D eigenvalue weighted by Crippen LogP contribution is 2.24. The number of sulfonamides is 1. The van der Waals surface area contributed by atoms with Crippen LogP contribution in [0, 0.1) is 0 Å². The minimum Gasteiger partial charge on any atom is -0.507 e. The largest absolute Gasteiger partial charge is 0.507 e. The van der Waals surface area contributed by atoms with E-state index in [-0.39, 0.29) is 16.1 Å². The second-order valence-corrected chi connectivity index (χ2v) is 5.89. The van der Waals surface area contributed by atoms with Gasteiger partial charge in [0, 0.05) is 11.8 Å². The summed E-state index contributed by atoms with van der Waals surface area (Å²) in [6, 6.07) is 8.94. The van der Waals surface area contributed by atoms with Crippen LogP contribution in [0.2, 0.25) is 0 Å². The van der Waals surface area contributed by atoms with Crippen molar-refractivity contribution < 1.29 is 23.4 Å². The first-order chi connectivity index (χ1) is 9.79. The van der Waals surface area contributed by atoms with Crippen molar-refractivity contribution in [3.8, 4) is 5.75 Å². The molecule has 0 aliphatic heterocycles. The lowest BCUT2D eigenvalue weighted by Crippen LogP contribution is -2.13. The Labute approximate surface area is 120 Å². The zero-order valence-electron chi connectivity index (χ0n) is 10.6. The molecule has 21 heavy (non-hydrogen) atoms. The molecular formula is C13H12N2O5S. The van der Waals surface area contributed by atoms with Crippen LogP contribution in [0.5, 0.6) is 5.75 Å². The molecule has 5 N–H and O–H groups in total. The molecule has 110 valence electrons. The highest BCUT2D eigenvalue weighted by Gasteiger charge is 2.16. The predicted molar refractivity (Wildman–Crippen MR) is 76.7 cm³/mol. The molecule has 0 bridgehead atoms. The summed E-state index contributed by atoms with van der Waals surface area (Å²) < 4.78 is 26.4. The van der Waals surface area contributed by atoms with Crippen molar-refractivity contribution in [1.82, 2.24) is 0 Å². The average Bonchev–Trinajstić information content (AvgIpc) is 2.38. The monoisotopic (exact) mass is 308 g/mol. The van der Waals surface area contributed by atoms with Gasteiger partial charge in [0.15, 0.2) is 0 Å². The molecule has 0 saturated carbocycles. The van der Waals surface area contributed by atoms with Gasteiger partial charge in [0.2, 0.25) is 0 Å². The SMILES string of the molecule is Nc1ccc(S(=O)(=O)Nc2ccc(C(=O)O)c(O)c2)cc1.